The molecule has 1 saturated heterocycles. The van der Waals surface area contributed by atoms with Crippen LogP contribution in [0.15, 0.2) is 29.3 Å². The number of halogens is 1. The van der Waals surface area contributed by atoms with Gasteiger partial charge in [0.2, 0.25) is 0 Å². The van der Waals surface area contributed by atoms with Crippen molar-refractivity contribution in [3.63, 3.8) is 0 Å². The SMILES string of the molecule is CCNC(=NCC(C)Oc1ccccc1OC)NC1C2CCOC2C1(C)C.I. The molecule has 0 spiro atoms. The summed E-state index contributed by atoms with van der Waals surface area (Å²) < 4.78 is 17.3. The lowest BCUT2D eigenvalue weighted by Gasteiger charge is -2.54. The average molecular weight is 503 g/mol. The largest absolute Gasteiger partial charge is 0.493 e. The highest BCUT2D eigenvalue weighted by molar-refractivity contribution is 14.0. The zero-order valence-electron chi connectivity index (χ0n) is 17.5. The molecule has 158 valence electrons. The van der Waals surface area contributed by atoms with Gasteiger partial charge in [0.15, 0.2) is 17.5 Å². The number of guanidine groups is 1. The molecule has 4 atom stereocenters. The van der Waals surface area contributed by atoms with Crippen LogP contribution in [0.25, 0.3) is 0 Å². The van der Waals surface area contributed by atoms with Crippen molar-refractivity contribution in [3.8, 4) is 11.5 Å². The number of nitrogens with one attached hydrogen (secondary N) is 2. The molecule has 0 aromatic heterocycles. The van der Waals surface area contributed by atoms with Gasteiger partial charge in [0.25, 0.3) is 0 Å². The van der Waals surface area contributed by atoms with Crippen LogP contribution in [0.5, 0.6) is 11.5 Å². The lowest BCUT2D eigenvalue weighted by molar-refractivity contribution is -0.106. The van der Waals surface area contributed by atoms with Gasteiger partial charge in [-0.2, -0.15) is 0 Å². The Morgan fingerprint density at radius 3 is 2.71 bits per heavy atom. The van der Waals surface area contributed by atoms with Crippen molar-refractivity contribution in [3.05, 3.63) is 24.3 Å². The maximum atomic E-state index is 6.01. The minimum Gasteiger partial charge on any atom is -0.493 e. The average Bonchev–Trinajstić information content (AvgIpc) is 3.11. The highest BCUT2D eigenvalue weighted by atomic mass is 127. The summed E-state index contributed by atoms with van der Waals surface area (Å²) in [7, 11) is 1.65. The van der Waals surface area contributed by atoms with E-state index in [1.54, 1.807) is 7.11 Å². The molecule has 1 aliphatic heterocycles. The summed E-state index contributed by atoms with van der Waals surface area (Å²) in [6.07, 6.45) is 1.43. The number of nitrogens with zero attached hydrogens (tertiary/aromatic N) is 1. The van der Waals surface area contributed by atoms with Crippen LogP contribution in [-0.2, 0) is 4.74 Å². The molecule has 2 fully saturated rings. The number of aliphatic imine (C=N–C) groups is 1. The first kappa shape index (κ1) is 23.1. The van der Waals surface area contributed by atoms with Crippen molar-refractivity contribution >= 4 is 29.9 Å². The predicted octanol–water partition coefficient (Wildman–Crippen LogP) is 3.45. The summed E-state index contributed by atoms with van der Waals surface area (Å²) in [5.74, 6) is 2.90. The second kappa shape index (κ2) is 10.0. The topological polar surface area (TPSA) is 64.1 Å². The number of para-hydroxylation sites is 2. The van der Waals surface area contributed by atoms with Crippen LogP contribution in [-0.4, -0.2) is 51.0 Å². The van der Waals surface area contributed by atoms with Crippen LogP contribution in [0.2, 0.25) is 0 Å². The summed E-state index contributed by atoms with van der Waals surface area (Å²) in [6, 6.07) is 8.07. The third-order valence-electron chi connectivity index (χ3n) is 5.64. The van der Waals surface area contributed by atoms with Gasteiger partial charge in [0.1, 0.15) is 6.10 Å². The van der Waals surface area contributed by atoms with Gasteiger partial charge in [0, 0.05) is 30.5 Å². The van der Waals surface area contributed by atoms with E-state index in [4.69, 9.17) is 19.2 Å². The first-order valence-corrected chi connectivity index (χ1v) is 9.93. The molecule has 2 N–H and O–H groups in total. The Morgan fingerprint density at radius 1 is 1.32 bits per heavy atom. The molecule has 1 aromatic rings. The fourth-order valence-electron chi connectivity index (χ4n) is 4.27. The number of hydrogen-bond acceptors (Lipinski definition) is 4. The van der Waals surface area contributed by atoms with Gasteiger partial charge in [-0.1, -0.05) is 26.0 Å². The van der Waals surface area contributed by atoms with E-state index in [-0.39, 0.29) is 35.5 Å². The number of methoxy groups -OCH3 is 1. The molecule has 0 bridgehead atoms. The maximum absolute atomic E-state index is 6.01. The summed E-state index contributed by atoms with van der Waals surface area (Å²) in [5, 5.41) is 7.00. The van der Waals surface area contributed by atoms with Crippen molar-refractivity contribution in [2.45, 2.75) is 52.4 Å². The van der Waals surface area contributed by atoms with Gasteiger partial charge in [0.05, 0.1) is 19.8 Å². The Balaban J connectivity index is 0.00000280. The predicted molar refractivity (Wildman–Crippen MR) is 123 cm³/mol. The summed E-state index contributed by atoms with van der Waals surface area (Å²) in [4.78, 5) is 4.75. The molecular weight excluding hydrogens is 469 g/mol. The fraction of sp³-hybridized carbons (Fsp3) is 0.667. The van der Waals surface area contributed by atoms with Crippen LogP contribution in [0.4, 0.5) is 0 Å². The monoisotopic (exact) mass is 503 g/mol. The van der Waals surface area contributed by atoms with E-state index in [9.17, 15) is 0 Å². The molecule has 1 saturated carbocycles. The number of hydrogen-bond donors (Lipinski definition) is 2. The van der Waals surface area contributed by atoms with Gasteiger partial charge in [-0.05, 0) is 32.4 Å². The van der Waals surface area contributed by atoms with Gasteiger partial charge in [-0.15, -0.1) is 24.0 Å². The summed E-state index contributed by atoms with van der Waals surface area (Å²) in [6.45, 7) is 10.9. The molecule has 6 nitrogen and oxygen atoms in total. The zero-order chi connectivity index (χ0) is 19.4. The molecule has 0 amide bonds. The Bertz CT molecular complexity index is 668. The fourth-order valence-corrected chi connectivity index (χ4v) is 4.27. The third kappa shape index (κ3) is 4.84. The molecule has 0 radical (unpaired) electrons. The number of benzene rings is 1. The second-order valence-corrected chi connectivity index (χ2v) is 7.99. The Morgan fingerprint density at radius 2 is 2.04 bits per heavy atom. The van der Waals surface area contributed by atoms with Gasteiger partial charge < -0.3 is 24.8 Å². The van der Waals surface area contributed by atoms with E-state index >= 15 is 0 Å². The molecule has 1 heterocycles. The van der Waals surface area contributed by atoms with Crippen molar-refractivity contribution in [2.75, 3.05) is 26.8 Å². The normalized spacial score (nSPS) is 26.3. The highest BCUT2D eigenvalue weighted by Gasteiger charge is 2.59. The zero-order valence-corrected chi connectivity index (χ0v) is 19.9. The van der Waals surface area contributed by atoms with E-state index in [0.29, 0.717) is 24.6 Å². The van der Waals surface area contributed by atoms with Gasteiger partial charge in [-0.25, -0.2) is 4.99 Å². The van der Waals surface area contributed by atoms with E-state index in [1.807, 2.05) is 31.2 Å². The standard InChI is InChI=1S/C21H33N3O3.HI/c1-6-22-20(24-18-15-11-12-26-19(15)21(18,3)4)23-13-14(2)27-17-10-8-7-9-16(17)25-5;/h7-10,14-15,18-19H,6,11-13H2,1-5H3,(H2,22,23,24);1H. The number of fused-ring (bicyclic) bond motifs is 1. The molecular formula is C21H34IN3O3. The quantitative estimate of drug-likeness (QED) is 0.339. The van der Waals surface area contributed by atoms with Gasteiger partial charge >= 0.3 is 0 Å². The molecule has 1 aliphatic carbocycles. The van der Waals surface area contributed by atoms with Gasteiger partial charge in [-0.3, -0.25) is 0 Å². The lowest BCUT2D eigenvalue weighted by Crippen LogP contribution is -2.68. The van der Waals surface area contributed by atoms with E-state index < -0.39 is 0 Å². The molecule has 28 heavy (non-hydrogen) atoms. The van der Waals surface area contributed by atoms with Crippen molar-refractivity contribution in [2.24, 2.45) is 16.3 Å². The minimum atomic E-state index is -0.0614. The van der Waals surface area contributed by atoms with E-state index in [2.05, 4.69) is 31.4 Å². The third-order valence-corrected chi connectivity index (χ3v) is 5.64. The first-order valence-electron chi connectivity index (χ1n) is 9.93. The van der Waals surface area contributed by atoms with Crippen LogP contribution < -0.4 is 20.1 Å². The molecule has 3 rings (SSSR count). The molecule has 2 aliphatic rings. The van der Waals surface area contributed by atoms with Crippen LogP contribution in [0.3, 0.4) is 0 Å². The summed E-state index contributed by atoms with van der Waals surface area (Å²) >= 11 is 0. The molecule has 1 aromatic carbocycles. The van der Waals surface area contributed by atoms with Crippen molar-refractivity contribution in [1.82, 2.24) is 10.6 Å². The van der Waals surface area contributed by atoms with Crippen LogP contribution >= 0.6 is 24.0 Å². The van der Waals surface area contributed by atoms with E-state index in [1.165, 1.54) is 0 Å². The number of rotatable bonds is 7. The Kier molecular flexibility index (Phi) is 8.24. The van der Waals surface area contributed by atoms with Crippen molar-refractivity contribution in [1.29, 1.82) is 0 Å². The Hall–Kier alpha value is -1.22. The van der Waals surface area contributed by atoms with E-state index in [0.717, 1.165) is 37.0 Å². The first-order chi connectivity index (χ1) is 13.0. The molecule has 7 heteroatoms. The molecule has 4 unspecified atom stereocenters. The lowest BCUT2D eigenvalue weighted by atomic mass is 9.57. The van der Waals surface area contributed by atoms with Crippen LogP contribution in [0.1, 0.15) is 34.1 Å². The smallest absolute Gasteiger partial charge is 0.191 e. The minimum absolute atomic E-state index is 0. The van der Waals surface area contributed by atoms with Crippen molar-refractivity contribution < 1.29 is 14.2 Å². The second-order valence-electron chi connectivity index (χ2n) is 7.99. The maximum Gasteiger partial charge on any atom is 0.191 e. The number of ether oxygens (including phenoxy) is 3. The van der Waals surface area contributed by atoms with Crippen LogP contribution in [0, 0.1) is 11.3 Å². The highest BCUT2D eigenvalue weighted by Crippen LogP contribution is 2.52. The Labute approximate surface area is 185 Å². The summed E-state index contributed by atoms with van der Waals surface area (Å²) in [5.41, 5.74) is 0.122.